The van der Waals surface area contributed by atoms with E-state index in [1.807, 2.05) is 18.2 Å². The summed E-state index contributed by atoms with van der Waals surface area (Å²) in [5, 5.41) is 13.2. The standard InChI is InChI=1S/C16H21N3O2/c1-19(2)10-6-5-9-17-15-11-13(16(20)21)12-7-3-4-8-14(12)18-15/h3-4,7-8,11H,5-6,9-10H2,1-2H3,(H,17,18)(H,20,21). The molecule has 112 valence electrons. The molecule has 0 aliphatic heterocycles. The van der Waals surface area contributed by atoms with E-state index in [1.54, 1.807) is 12.1 Å². The average molecular weight is 287 g/mol. The van der Waals surface area contributed by atoms with Crippen LogP contribution in [-0.4, -0.2) is 48.1 Å². The van der Waals surface area contributed by atoms with Gasteiger partial charge in [0, 0.05) is 11.9 Å². The van der Waals surface area contributed by atoms with E-state index in [0.717, 1.165) is 25.9 Å². The predicted molar refractivity (Wildman–Crippen MR) is 85.0 cm³/mol. The lowest BCUT2D eigenvalue weighted by Crippen LogP contribution is -2.14. The van der Waals surface area contributed by atoms with Gasteiger partial charge in [0.15, 0.2) is 0 Å². The number of anilines is 1. The third kappa shape index (κ3) is 4.16. The minimum absolute atomic E-state index is 0.288. The zero-order chi connectivity index (χ0) is 15.2. The summed E-state index contributed by atoms with van der Waals surface area (Å²) in [5.41, 5.74) is 0.990. The van der Waals surface area contributed by atoms with E-state index in [1.165, 1.54) is 0 Å². The Labute approximate surface area is 124 Å². The molecule has 0 bridgehead atoms. The average Bonchev–Trinajstić information content (AvgIpc) is 2.45. The van der Waals surface area contributed by atoms with Gasteiger partial charge in [-0.15, -0.1) is 0 Å². The minimum Gasteiger partial charge on any atom is -0.478 e. The van der Waals surface area contributed by atoms with E-state index in [4.69, 9.17) is 0 Å². The summed E-state index contributed by atoms with van der Waals surface area (Å²) in [6.07, 6.45) is 2.12. The summed E-state index contributed by atoms with van der Waals surface area (Å²) in [6.45, 7) is 1.84. The number of aromatic nitrogens is 1. The highest BCUT2D eigenvalue weighted by atomic mass is 16.4. The monoisotopic (exact) mass is 287 g/mol. The van der Waals surface area contributed by atoms with Crippen molar-refractivity contribution in [3.63, 3.8) is 0 Å². The minimum atomic E-state index is -0.927. The van der Waals surface area contributed by atoms with E-state index in [0.29, 0.717) is 16.7 Å². The van der Waals surface area contributed by atoms with Crippen LogP contribution in [0.15, 0.2) is 30.3 Å². The molecule has 0 fully saturated rings. The highest BCUT2D eigenvalue weighted by Gasteiger charge is 2.11. The second-order valence-electron chi connectivity index (χ2n) is 5.31. The lowest BCUT2D eigenvalue weighted by Gasteiger charge is -2.11. The second kappa shape index (κ2) is 7.04. The topological polar surface area (TPSA) is 65.5 Å². The number of pyridine rings is 1. The number of nitrogens with zero attached hydrogens (tertiary/aromatic N) is 2. The Kier molecular flexibility index (Phi) is 5.11. The fourth-order valence-electron chi connectivity index (χ4n) is 2.21. The fourth-order valence-corrected chi connectivity index (χ4v) is 2.21. The van der Waals surface area contributed by atoms with Crippen LogP contribution in [-0.2, 0) is 0 Å². The van der Waals surface area contributed by atoms with Crippen LogP contribution in [0.25, 0.3) is 10.9 Å². The van der Waals surface area contributed by atoms with Crippen LogP contribution >= 0.6 is 0 Å². The van der Waals surface area contributed by atoms with Gasteiger partial charge in [-0.25, -0.2) is 9.78 Å². The Balaban J connectivity index is 2.08. The highest BCUT2D eigenvalue weighted by Crippen LogP contribution is 2.20. The normalized spacial score (nSPS) is 11.0. The van der Waals surface area contributed by atoms with Gasteiger partial charge in [0.25, 0.3) is 0 Å². The highest BCUT2D eigenvalue weighted by molar-refractivity contribution is 6.03. The third-order valence-corrected chi connectivity index (χ3v) is 3.28. The van der Waals surface area contributed by atoms with Crippen LogP contribution in [0.5, 0.6) is 0 Å². The van der Waals surface area contributed by atoms with Gasteiger partial charge in [0.2, 0.25) is 0 Å². The van der Waals surface area contributed by atoms with Crippen LogP contribution in [0, 0.1) is 0 Å². The molecule has 0 saturated carbocycles. The number of fused-ring (bicyclic) bond motifs is 1. The Hall–Kier alpha value is -2.14. The molecule has 1 heterocycles. The van der Waals surface area contributed by atoms with E-state index in [9.17, 15) is 9.90 Å². The van der Waals surface area contributed by atoms with Crippen LogP contribution in [0.3, 0.4) is 0 Å². The van der Waals surface area contributed by atoms with Crippen molar-refractivity contribution in [3.8, 4) is 0 Å². The maximum atomic E-state index is 11.4. The van der Waals surface area contributed by atoms with Gasteiger partial charge in [-0.2, -0.15) is 0 Å². The summed E-state index contributed by atoms with van der Waals surface area (Å²) >= 11 is 0. The smallest absolute Gasteiger partial charge is 0.336 e. The maximum absolute atomic E-state index is 11.4. The molecule has 5 heteroatoms. The molecule has 1 aromatic carbocycles. The molecule has 0 radical (unpaired) electrons. The van der Waals surface area contributed by atoms with Gasteiger partial charge in [0.1, 0.15) is 5.82 Å². The number of carboxylic acids is 1. The molecule has 2 aromatic rings. The molecule has 0 atom stereocenters. The number of carbonyl (C=O) groups is 1. The molecule has 0 unspecified atom stereocenters. The van der Waals surface area contributed by atoms with Gasteiger partial charge in [-0.3, -0.25) is 0 Å². The van der Waals surface area contributed by atoms with E-state index < -0.39 is 5.97 Å². The van der Waals surface area contributed by atoms with Gasteiger partial charge in [-0.1, -0.05) is 18.2 Å². The largest absolute Gasteiger partial charge is 0.478 e. The number of hydrogen-bond donors (Lipinski definition) is 2. The molecule has 2 N–H and O–H groups in total. The first kappa shape index (κ1) is 15.3. The fraction of sp³-hybridized carbons (Fsp3) is 0.375. The lowest BCUT2D eigenvalue weighted by molar-refractivity contribution is 0.0699. The van der Waals surface area contributed by atoms with Crippen LogP contribution in [0.2, 0.25) is 0 Å². The van der Waals surface area contributed by atoms with Crippen molar-refractivity contribution < 1.29 is 9.90 Å². The molecule has 0 saturated heterocycles. The molecule has 2 rings (SSSR count). The maximum Gasteiger partial charge on any atom is 0.336 e. The van der Waals surface area contributed by atoms with Crippen molar-refractivity contribution in [2.24, 2.45) is 0 Å². The number of nitrogens with one attached hydrogen (secondary N) is 1. The predicted octanol–water partition coefficient (Wildman–Crippen LogP) is 2.69. The van der Waals surface area contributed by atoms with Crippen molar-refractivity contribution in [3.05, 3.63) is 35.9 Å². The Bertz CT molecular complexity index is 626. The summed E-state index contributed by atoms with van der Waals surface area (Å²) < 4.78 is 0. The number of para-hydroxylation sites is 1. The molecule has 0 spiro atoms. The Morgan fingerprint density at radius 2 is 2.05 bits per heavy atom. The first-order valence-corrected chi connectivity index (χ1v) is 7.09. The lowest BCUT2D eigenvalue weighted by atomic mass is 10.1. The third-order valence-electron chi connectivity index (χ3n) is 3.28. The number of benzene rings is 1. The van der Waals surface area contributed by atoms with E-state index >= 15 is 0 Å². The van der Waals surface area contributed by atoms with Crippen molar-refractivity contribution in [1.29, 1.82) is 0 Å². The van der Waals surface area contributed by atoms with Crippen molar-refractivity contribution in [2.75, 3.05) is 32.5 Å². The van der Waals surface area contributed by atoms with Crippen molar-refractivity contribution in [2.45, 2.75) is 12.8 Å². The molecule has 0 aliphatic rings. The molecular formula is C16H21N3O2. The molecule has 1 aromatic heterocycles. The second-order valence-corrected chi connectivity index (χ2v) is 5.31. The van der Waals surface area contributed by atoms with Crippen LogP contribution in [0.4, 0.5) is 5.82 Å². The quantitative estimate of drug-likeness (QED) is 0.766. The zero-order valence-electron chi connectivity index (χ0n) is 12.5. The number of hydrogen-bond acceptors (Lipinski definition) is 4. The number of unbranched alkanes of at least 4 members (excludes halogenated alkanes) is 1. The molecular weight excluding hydrogens is 266 g/mol. The zero-order valence-corrected chi connectivity index (χ0v) is 12.5. The van der Waals surface area contributed by atoms with Crippen molar-refractivity contribution in [1.82, 2.24) is 9.88 Å². The van der Waals surface area contributed by atoms with E-state index in [2.05, 4.69) is 29.3 Å². The van der Waals surface area contributed by atoms with Gasteiger partial charge >= 0.3 is 5.97 Å². The van der Waals surface area contributed by atoms with Gasteiger partial charge in [0.05, 0.1) is 11.1 Å². The summed E-state index contributed by atoms with van der Waals surface area (Å²) in [6, 6.07) is 8.91. The molecule has 0 aliphatic carbocycles. The molecule has 0 amide bonds. The number of rotatable bonds is 7. The van der Waals surface area contributed by atoms with Gasteiger partial charge < -0.3 is 15.3 Å². The summed E-state index contributed by atoms with van der Waals surface area (Å²) in [5.74, 6) is -0.305. The van der Waals surface area contributed by atoms with Gasteiger partial charge in [-0.05, 0) is 45.6 Å². The summed E-state index contributed by atoms with van der Waals surface area (Å²) in [4.78, 5) is 18.0. The number of carboxylic acid groups (broad SMARTS) is 1. The SMILES string of the molecule is CN(C)CCCCNc1cc(C(=O)O)c2ccccc2n1. The Morgan fingerprint density at radius 1 is 1.29 bits per heavy atom. The number of aromatic carboxylic acids is 1. The summed E-state index contributed by atoms with van der Waals surface area (Å²) in [7, 11) is 4.11. The Morgan fingerprint density at radius 3 is 2.76 bits per heavy atom. The van der Waals surface area contributed by atoms with Crippen molar-refractivity contribution >= 4 is 22.7 Å². The molecule has 5 nitrogen and oxygen atoms in total. The first-order valence-electron chi connectivity index (χ1n) is 7.09. The van der Waals surface area contributed by atoms with E-state index in [-0.39, 0.29) is 5.56 Å². The van der Waals surface area contributed by atoms with Crippen LogP contribution < -0.4 is 5.32 Å². The first-order chi connectivity index (χ1) is 10.1. The van der Waals surface area contributed by atoms with Crippen LogP contribution in [0.1, 0.15) is 23.2 Å². The molecule has 21 heavy (non-hydrogen) atoms.